The summed E-state index contributed by atoms with van der Waals surface area (Å²) in [5.74, 6) is -1.45. The number of carbonyl (C=O) groups excluding carboxylic acids is 3. The number of rotatable bonds is 5. The minimum absolute atomic E-state index is 0. The van der Waals surface area contributed by atoms with E-state index >= 15 is 0 Å². The van der Waals surface area contributed by atoms with Crippen LogP contribution in [0.3, 0.4) is 0 Å². The van der Waals surface area contributed by atoms with Gasteiger partial charge < -0.3 is 20.1 Å². The topological polar surface area (TPSA) is 127 Å². The molecule has 1 atom stereocenters. The summed E-state index contributed by atoms with van der Waals surface area (Å²) in [4.78, 5) is 47.4. The van der Waals surface area contributed by atoms with Crippen molar-refractivity contribution < 1.29 is 70.9 Å². The second kappa shape index (κ2) is 8.58. The van der Waals surface area contributed by atoms with Gasteiger partial charge in [-0.15, -0.1) is 0 Å². The Morgan fingerprint density at radius 2 is 1.96 bits per heavy atom. The monoisotopic (exact) mass is 365 g/mol. The zero-order chi connectivity index (χ0) is 17.1. The van der Waals surface area contributed by atoms with Crippen LogP contribution < -0.4 is 61.8 Å². The number of nitrogens with zero attached hydrogens (tertiary/aromatic N) is 4. The van der Waals surface area contributed by atoms with Gasteiger partial charge in [0, 0.05) is 18.7 Å². The van der Waals surface area contributed by atoms with Gasteiger partial charge in [-0.1, -0.05) is 12.1 Å². The number of hydrogen-bond donors (Lipinski definition) is 1. The number of aliphatic imine (C=N–C) groups is 3. The number of carbonyl (C=O) groups is 3. The first kappa shape index (κ1) is 19.6. The third-order valence-corrected chi connectivity index (χ3v) is 3.49. The van der Waals surface area contributed by atoms with Crippen molar-refractivity contribution in [3.63, 3.8) is 0 Å². The van der Waals surface area contributed by atoms with Crippen molar-refractivity contribution in [1.29, 1.82) is 0 Å². The number of amides is 2. The summed E-state index contributed by atoms with van der Waals surface area (Å²) in [7, 11) is 0. The predicted octanol–water partition coefficient (Wildman–Crippen LogP) is -3.94. The maximum atomic E-state index is 12.0. The van der Waals surface area contributed by atoms with E-state index in [1.165, 1.54) is 36.9 Å². The van der Waals surface area contributed by atoms with Gasteiger partial charge >= 0.3 is 51.4 Å². The summed E-state index contributed by atoms with van der Waals surface area (Å²) < 4.78 is 0. The smallest absolute Gasteiger partial charge is 0.545 e. The maximum absolute atomic E-state index is 12.0. The Balaban J connectivity index is 0.00000225. The fraction of sp³-hybridized carbons (Fsp3) is 0.200. The molecule has 0 saturated heterocycles. The molecule has 1 N–H and O–H groups in total. The summed E-state index contributed by atoms with van der Waals surface area (Å²) in [6, 6.07) is 4.96. The first-order valence-electron chi connectivity index (χ1n) is 7.10. The number of carboxylic acids is 1. The molecule has 0 aromatic heterocycles. The van der Waals surface area contributed by atoms with Crippen LogP contribution in [0.4, 0.5) is 5.69 Å². The molecule has 1 unspecified atom stereocenters. The van der Waals surface area contributed by atoms with Crippen molar-refractivity contribution in [2.75, 3.05) is 11.9 Å². The summed E-state index contributed by atoms with van der Waals surface area (Å²) >= 11 is 0. The van der Waals surface area contributed by atoms with Crippen LogP contribution in [-0.2, 0) is 9.59 Å². The quantitative estimate of drug-likeness (QED) is 0.533. The molecule has 2 aliphatic rings. The van der Waals surface area contributed by atoms with Crippen LogP contribution in [0.2, 0.25) is 0 Å². The molecule has 0 bridgehead atoms. The number of nitrogens with one attached hydrogen (secondary N) is 1. The number of aromatic carboxylic acids is 1. The van der Waals surface area contributed by atoms with Crippen LogP contribution in [0.15, 0.2) is 39.2 Å². The molecule has 3 rings (SSSR count). The molecule has 0 fully saturated rings. The second-order valence-corrected chi connectivity index (χ2v) is 5.09. The Bertz CT molecular complexity index is 788. The molecule has 25 heavy (non-hydrogen) atoms. The van der Waals surface area contributed by atoms with Gasteiger partial charge in [0.05, 0.1) is 12.3 Å². The molecule has 9 nitrogen and oxygen atoms in total. The predicted molar refractivity (Wildman–Crippen MR) is 83.9 cm³/mol. The van der Waals surface area contributed by atoms with Gasteiger partial charge in [0.1, 0.15) is 12.2 Å². The van der Waals surface area contributed by atoms with Crippen LogP contribution in [0.1, 0.15) is 16.8 Å². The number of hydrogen-bond acceptors (Lipinski definition) is 7. The van der Waals surface area contributed by atoms with Crippen LogP contribution in [0.25, 0.3) is 0 Å². The first-order chi connectivity index (χ1) is 11.5. The molecular weight excluding hydrogens is 353 g/mol. The van der Waals surface area contributed by atoms with E-state index in [0.29, 0.717) is 18.1 Å². The third-order valence-electron chi connectivity index (χ3n) is 3.49. The van der Waals surface area contributed by atoms with Crippen molar-refractivity contribution in [2.45, 2.75) is 12.5 Å². The average Bonchev–Trinajstić information content (AvgIpc) is 2.98. The summed E-state index contributed by atoms with van der Waals surface area (Å²) in [6.45, 7) is 0.308. The van der Waals surface area contributed by atoms with Crippen LogP contribution in [0, 0.1) is 0 Å². The normalized spacial score (nSPS) is 17.6. The Morgan fingerprint density at radius 1 is 1.24 bits per heavy atom. The Hall–Kier alpha value is -1.72. The van der Waals surface area contributed by atoms with Crippen molar-refractivity contribution in [3.05, 3.63) is 29.8 Å². The van der Waals surface area contributed by atoms with Gasteiger partial charge in [-0.25, -0.2) is 4.99 Å². The Morgan fingerprint density at radius 3 is 2.64 bits per heavy atom. The van der Waals surface area contributed by atoms with Crippen molar-refractivity contribution in [3.8, 4) is 0 Å². The Kier molecular flexibility index (Phi) is 6.73. The first-order valence-corrected chi connectivity index (χ1v) is 7.10. The summed E-state index contributed by atoms with van der Waals surface area (Å²) in [6.07, 6.45) is 2.79. The number of amidine groups is 1. The van der Waals surface area contributed by atoms with E-state index in [-0.39, 0.29) is 75.2 Å². The maximum Gasteiger partial charge on any atom is 1.00 e. The molecule has 1 aromatic carbocycles. The van der Waals surface area contributed by atoms with Crippen molar-refractivity contribution in [1.82, 2.24) is 4.90 Å². The molecule has 0 radical (unpaired) electrons. The zero-order valence-electron chi connectivity index (χ0n) is 13.4. The summed E-state index contributed by atoms with van der Waals surface area (Å²) in [5, 5.41) is 13.3. The van der Waals surface area contributed by atoms with E-state index < -0.39 is 12.0 Å². The second-order valence-electron chi connectivity index (χ2n) is 5.09. The van der Waals surface area contributed by atoms with Crippen LogP contribution >= 0.6 is 0 Å². The van der Waals surface area contributed by atoms with Gasteiger partial charge in [-0.3, -0.25) is 14.6 Å². The molecule has 2 heterocycles. The minimum atomic E-state index is -1.28. The number of benzene rings is 1. The largest absolute Gasteiger partial charge is 1.00 e. The molecule has 0 spiro atoms. The molecule has 10 heteroatoms. The van der Waals surface area contributed by atoms with E-state index in [9.17, 15) is 19.5 Å². The number of anilines is 1. The molecule has 2 amide bonds. The van der Waals surface area contributed by atoms with Gasteiger partial charge in [-0.2, -0.15) is 4.99 Å². The fourth-order valence-corrected chi connectivity index (χ4v) is 2.27. The van der Waals surface area contributed by atoms with Gasteiger partial charge in [-0.05, 0) is 17.7 Å². The van der Waals surface area contributed by atoms with Crippen molar-refractivity contribution >= 4 is 42.0 Å². The van der Waals surface area contributed by atoms with Gasteiger partial charge in [0.25, 0.3) is 5.91 Å². The molecule has 2 aliphatic heterocycles. The van der Waals surface area contributed by atoms with E-state index in [1.807, 2.05) is 0 Å². The molecule has 122 valence electrons. The van der Waals surface area contributed by atoms with Crippen LogP contribution in [0.5, 0.6) is 0 Å². The number of carboxylic acid groups (broad SMARTS) is 1. The molecule has 1 aromatic rings. The zero-order valence-corrected chi connectivity index (χ0v) is 16.5. The van der Waals surface area contributed by atoms with E-state index in [2.05, 4.69) is 20.3 Å². The third kappa shape index (κ3) is 4.67. The Labute approximate surface area is 185 Å². The van der Waals surface area contributed by atoms with E-state index in [1.54, 1.807) is 4.90 Å². The molecule has 0 aliphatic carbocycles. The van der Waals surface area contributed by atoms with Crippen LogP contribution in [-0.4, -0.2) is 53.8 Å². The molecular formula is C15H12KN5O4. The van der Waals surface area contributed by atoms with E-state index in [4.69, 9.17) is 0 Å². The van der Waals surface area contributed by atoms with Crippen molar-refractivity contribution in [2.24, 2.45) is 15.0 Å². The minimum Gasteiger partial charge on any atom is -0.545 e. The number of fused-ring (bicyclic) bond motifs is 1. The van der Waals surface area contributed by atoms with E-state index in [0.717, 1.165) is 0 Å². The SMILES string of the molecule is O=C(CCN1C=NC2C(=O)N=CN=C21)Nc1ccc(C(=O)[O-])cc1.[K+]. The standard InChI is InChI=1S/C15H13N5O4.K/c21-11(19-10-3-1-9(2-4-10)15(23)24)5-6-20-8-18-12-13(20)16-7-17-14(12)22;/h1-4,7-8,12H,5-6H2,(H,19,21)(H,23,24);/q;+1/p-1. The summed E-state index contributed by atoms with van der Waals surface area (Å²) in [5.41, 5.74) is 0.518. The van der Waals surface area contributed by atoms with Gasteiger partial charge in [0.15, 0.2) is 6.04 Å². The van der Waals surface area contributed by atoms with Gasteiger partial charge in [0.2, 0.25) is 5.91 Å². The average molecular weight is 365 g/mol. The fourth-order valence-electron chi connectivity index (χ4n) is 2.27. The molecule has 0 saturated carbocycles.